The molecule has 0 saturated heterocycles. The predicted octanol–water partition coefficient (Wildman–Crippen LogP) is 5.01. The van der Waals surface area contributed by atoms with Crippen LogP contribution in [0.4, 0.5) is 5.69 Å². The maximum absolute atomic E-state index is 13.1. The second kappa shape index (κ2) is 7.62. The van der Waals surface area contributed by atoms with Crippen LogP contribution in [0.15, 0.2) is 83.1 Å². The van der Waals surface area contributed by atoms with Gasteiger partial charge in [0.25, 0.3) is 10.0 Å². The molecule has 2 unspecified atom stereocenters. The highest BCUT2D eigenvalue weighted by atomic mass is 35.5. The Morgan fingerprint density at radius 2 is 1.79 bits per heavy atom. The summed E-state index contributed by atoms with van der Waals surface area (Å²) in [7, 11) is -3.82. The van der Waals surface area contributed by atoms with Gasteiger partial charge in [-0.3, -0.25) is 9.52 Å². The zero-order valence-electron chi connectivity index (χ0n) is 14.6. The first kappa shape index (κ1) is 19.1. The number of hydrogen-bond acceptors (Lipinski definition) is 4. The second-order valence-electron chi connectivity index (χ2n) is 6.41. The first-order valence-electron chi connectivity index (χ1n) is 8.58. The van der Waals surface area contributed by atoms with Crippen LogP contribution >= 0.6 is 23.4 Å². The van der Waals surface area contributed by atoms with Gasteiger partial charge in [0.05, 0.1) is 10.6 Å². The van der Waals surface area contributed by atoms with Crippen LogP contribution < -0.4 is 4.72 Å². The van der Waals surface area contributed by atoms with Gasteiger partial charge in [-0.15, -0.1) is 11.8 Å². The highest BCUT2D eigenvalue weighted by molar-refractivity contribution is 8.05. The fourth-order valence-corrected chi connectivity index (χ4v) is 6.32. The fourth-order valence-electron chi connectivity index (χ4n) is 3.18. The lowest BCUT2D eigenvalue weighted by Gasteiger charge is -2.19. The average molecular weight is 430 g/mol. The smallest absolute Gasteiger partial charge is 0.259 e. The van der Waals surface area contributed by atoms with Gasteiger partial charge in [0, 0.05) is 27.3 Å². The van der Waals surface area contributed by atoms with Gasteiger partial charge in [-0.05, 0) is 23.6 Å². The van der Waals surface area contributed by atoms with Crippen LogP contribution in [0.25, 0.3) is 0 Å². The quantitative estimate of drug-likeness (QED) is 0.678. The van der Waals surface area contributed by atoms with Gasteiger partial charge in [-0.25, -0.2) is 8.42 Å². The molecule has 0 bridgehead atoms. The van der Waals surface area contributed by atoms with Crippen molar-refractivity contribution in [3.63, 3.8) is 0 Å². The van der Waals surface area contributed by atoms with E-state index < -0.39 is 10.0 Å². The van der Waals surface area contributed by atoms with Gasteiger partial charge in [0.15, 0.2) is 5.78 Å². The summed E-state index contributed by atoms with van der Waals surface area (Å²) in [5, 5.41) is 2.11. The topological polar surface area (TPSA) is 63.2 Å². The van der Waals surface area contributed by atoms with Gasteiger partial charge in [-0.2, -0.15) is 0 Å². The highest BCUT2D eigenvalue weighted by Crippen LogP contribution is 2.42. The van der Waals surface area contributed by atoms with Crippen LogP contribution in [-0.2, 0) is 10.0 Å². The Balaban J connectivity index is 1.68. The van der Waals surface area contributed by atoms with Crippen LogP contribution in [-0.4, -0.2) is 19.5 Å². The average Bonchev–Trinajstić information content (AvgIpc) is 3.14. The van der Waals surface area contributed by atoms with Crippen molar-refractivity contribution in [2.75, 3.05) is 4.72 Å². The number of sulfonamides is 1. The summed E-state index contributed by atoms with van der Waals surface area (Å²) in [6.45, 7) is 0. The maximum atomic E-state index is 13.1. The largest absolute Gasteiger partial charge is 0.289 e. The molecule has 0 spiro atoms. The number of carbonyl (C=O) groups excluding carboxylic acids is 1. The number of rotatable bonds is 5. The van der Waals surface area contributed by atoms with Gasteiger partial charge >= 0.3 is 0 Å². The molecule has 0 fully saturated rings. The molecule has 7 heteroatoms. The third-order valence-corrected chi connectivity index (χ3v) is 7.61. The third-order valence-electron chi connectivity index (χ3n) is 4.57. The van der Waals surface area contributed by atoms with E-state index >= 15 is 0 Å². The predicted molar refractivity (Wildman–Crippen MR) is 115 cm³/mol. The molecule has 4 rings (SSSR count). The van der Waals surface area contributed by atoms with E-state index in [0.29, 0.717) is 15.5 Å². The summed E-state index contributed by atoms with van der Waals surface area (Å²) in [6.07, 6.45) is 7.64. The Labute approximate surface area is 173 Å². The molecule has 142 valence electrons. The lowest BCUT2D eigenvalue weighted by molar-refractivity contribution is 0.103. The molecular formula is C21H16ClNO3S2. The molecule has 0 amide bonds. The SMILES string of the molecule is O=C(c1ccccc1)c1cc(Cl)ccc1NS(=O)(=O)C1=CSC2C=CC=CC12. The molecule has 2 aromatic carbocycles. The minimum atomic E-state index is -3.82. The number of fused-ring (bicyclic) bond motifs is 1. The van der Waals surface area contributed by atoms with Crippen molar-refractivity contribution in [3.05, 3.63) is 99.3 Å². The number of allylic oxidation sites excluding steroid dienone is 4. The number of carbonyl (C=O) groups is 1. The van der Waals surface area contributed by atoms with Crippen molar-refractivity contribution in [1.29, 1.82) is 0 Å². The molecule has 0 aromatic heterocycles. The van der Waals surface area contributed by atoms with Crippen LogP contribution in [0.2, 0.25) is 5.02 Å². The zero-order chi connectivity index (χ0) is 19.7. The molecule has 1 aliphatic carbocycles. The van der Waals surface area contributed by atoms with Crippen molar-refractivity contribution in [2.45, 2.75) is 5.25 Å². The molecule has 1 N–H and O–H groups in total. The summed E-state index contributed by atoms with van der Waals surface area (Å²) >= 11 is 7.55. The minimum absolute atomic E-state index is 0.0761. The Kier molecular flexibility index (Phi) is 5.19. The highest BCUT2D eigenvalue weighted by Gasteiger charge is 2.36. The van der Waals surface area contributed by atoms with Gasteiger partial charge in [-0.1, -0.05) is 66.2 Å². The number of hydrogen-bond donors (Lipinski definition) is 1. The standard InChI is InChI=1S/C21H16ClNO3S2/c22-15-10-11-18(17(12-15)21(24)14-6-2-1-3-7-14)23-28(25,26)20-13-27-19-9-5-4-8-16(19)20/h1-13,16,19,23H. The van der Waals surface area contributed by atoms with Gasteiger partial charge in [0.2, 0.25) is 0 Å². The van der Waals surface area contributed by atoms with Crippen molar-refractivity contribution in [2.24, 2.45) is 5.92 Å². The number of ketones is 1. The Hall–Kier alpha value is -2.28. The van der Waals surface area contributed by atoms with Crippen LogP contribution in [0.3, 0.4) is 0 Å². The first-order chi connectivity index (χ1) is 13.5. The second-order valence-corrected chi connectivity index (χ2v) is 9.58. The Morgan fingerprint density at radius 1 is 1.04 bits per heavy atom. The Bertz CT molecular complexity index is 1120. The lowest BCUT2D eigenvalue weighted by atomic mass is 10.0. The van der Waals surface area contributed by atoms with Crippen LogP contribution in [0, 0.1) is 5.92 Å². The summed E-state index contributed by atoms with van der Waals surface area (Å²) in [5.74, 6) is -0.512. The van der Waals surface area contributed by atoms with E-state index in [9.17, 15) is 13.2 Å². The molecule has 0 saturated carbocycles. The number of thioether (sulfide) groups is 1. The number of nitrogens with one attached hydrogen (secondary N) is 1. The summed E-state index contributed by atoms with van der Waals surface area (Å²) < 4.78 is 28.7. The molecule has 2 atom stereocenters. The molecule has 0 radical (unpaired) electrons. The maximum Gasteiger partial charge on any atom is 0.259 e. The molecule has 1 aliphatic heterocycles. The molecule has 28 heavy (non-hydrogen) atoms. The fraction of sp³-hybridized carbons (Fsp3) is 0.0952. The summed E-state index contributed by atoms with van der Waals surface area (Å²) in [5.41, 5.74) is 0.883. The summed E-state index contributed by atoms with van der Waals surface area (Å²) in [6, 6.07) is 13.3. The molecular weight excluding hydrogens is 414 g/mol. The number of anilines is 1. The third kappa shape index (κ3) is 3.68. The normalized spacial score (nSPS) is 20.5. The lowest BCUT2D eigenvalue weighted by Crippen LogP contribution is -2.23. The van der Waals surface area contributed by atoms with Crippen LogP contribution in [0.1, 0.15) is 15.9 Å². The summed E-state index contributed by atoms with van der Waals surface area (Å²) in [4.78, 5) is 13.2. The number of benzene rings is 2. The van der Waals surface area contributed by atoms with Crippen molar-refractivity contribution in [3.8, 4) is 0 Å². The Morgan fingerprint density at radius 3 is 2.57 bits per heavy atom. The molecule has 4 nitrogen and oxygen atoms in total. The van der Waals surface area contributed by atoms with E-state index in [4.69, 9.17) is 11.6 Å². The number of halogens is 1. The minimum Gasteiger partial charge on any atom is -0.289 e. The molecule has 2 aliphatic rings. The monoisotopic (exact) mass is 429 g/mol. The van der Waals surface area contributed by atoms with Crippen molar-refractivity contribution < 1.29 is 13.2 Å². The van der Waals surface area contributed by atoms with Crippen LogP contribution in [0.5, 0.6) is 0 Å². The van der Waals surface area contributed by atoms with Gasteiger partial charge in [0.1, 0.15) is 0 Å². The zero-order valence-corrected chi connectivity index (χ0v) is 17.0. The molecule has 2 aromatic rings. The van der Waals surface area contributed by atoms with E-state index in [1.54, 1.807) is 35.7 Å². The first-order valence-corrected chi connectivity index (χ1v) is 11.4. The van der Waals surface area contributed by atoms with E-state index in [2.05, 4.69) is 4.72 Å². The van der Waals surface area contributed by atoms with E-state index in [1.807, 2.05) is 30.4 Å². The van der Waals surface area contributed by atoms with Crippen molar-refractivity contribution >= 4 is 44.9 Å². The molecule has 1 heterocycles. The van der Waals surface area contributed by atoms with Gasteiger partial charge < -0.3 is 0 Å². The van der Waals surface area contributed by atoms with E-state index in [0.717, 1.165) is 0 Å². The van der Waals surface area contributed by atoms with E-state index in [1.165, 1.54) is 23.9 Å². The van der Waals surface area contributed by atoms with E-state index in [-0.39, 0.29) is 28.2 Å². The van der Waals surface area contributed by atoms with Crippen molar-refractivity contribution in [1.82, 2.24) is 0 Å².